The summed E-state index contributed by atoms with van der Waals surface area (Å²) in [6, 6.07) is 1.39. The van der Waals surface area contributed by atoms with E-state index < -0.39 is 31.8 Å². The molecule has 1 aromatic rings. The number of rotatable bonds is 5. The summed E-state index contributed by atoms with van der Waals surface area (Å²) < 4.78 is 0. The van der Waals surface area contributed by atoms with Crippen LogP contribution in [-0.4, -0.2) is 20.8 Å². The first-order chi connectivity index (χ1) is 10.4. The maximum absolute atomic E-state index is 11.1. The number of nitrogens with one attached hydrogen (secondary N) is 1. The lowest BCUT2D eigenvalue weighted by atomic mass is 9.95. The Hall–Kier alpha value is -2.78. The van der Waals surface area contributed by atoms with E-state index in [1.165, 1.54) is 0 Å². The van der Waals surface area contributed by atoms with Crippen molar-refractivity contribution in [2.45, 2.75) is 38.1 Å². The molecule has 1 aliphatic carbocycles. The van der Waals surface area contributed by atoms with Crippen LogP contribution < -0.4 is 5.32 Å². The number of hydrogen-bond donors (Lipinski definition) is 1. The second-order valence-electron chi connectivity index (χ2n) is 5.11. The Balaban J connectivity index is 2.50. The molecule has 118 valence electrons. The number of nitrogens with zero attached hydrogens (tertiary/aromatic N) is 3. The topological polar surface area (TPSA) is 141 Å². The minimum atomic E-state index is -0.885. The van der Waals surface area contributed by atoms with Crippen LogP contribution in [0.1, 0.15) is 32.1 Å². The zero-order valence-electron chi connectivity index (χ0n) is 11.6. The fraction of sp³-hybridized carbons (Fsp3) is 0.500. The molecule has 1 saturated carbocycles. The molecule has 0 aliphatic heterocycles. The van der Waals surface area contributed by atoms with Gasteiger partial charge < -0.3 is 5.32 Å². The summed E-state index contributed by atoms with van der Waals surface area (Å²) in [6.45, 7) is 0. The van der Waals surface area contributed by atoms with Gasteiger partial charge in [0.15, 0.2) is 5.69 Å². The predicted octanol–water partition coefficient (Wildman–Crippen LogP) is 3.16. The van der Waals surface area contributed by atoms with Crippen molar-refractivity contribution in [3.8, 4) is 0 Å². The zero-order valence-corrected chi connectivity index (χ0v) is 11.6. The summed E-state index contributed by atoms with van der Waals surface area (Å²) in [7, 11) is 0. The minimum absolute atomic E-state index is 0.104. The van der Waals surface area contributed by atoms with Crippen LogP contribution in [0.2, 0.25) is 0 Å². The van der Waals surface area contributed by atoms with Gasteiger partial charge in [-0.2, -0.15) is 0 Å². The van der Waals surface area contributed by atoms with Gasteiger partial charge in [-0.15, -0.1) is 0 Å². The van der Waals surface area contributed by atoms with E-state index in [1.54, 1.807) is 0 Å². The maximum atomic E-state index is 11.1. The first kappa shape index (κ1) is 15.6. The molecule has 1 aliphatic rings. The van der Waals surface area contributed by atoms with Gasteiger partial charge in [0.25, 0.3) is 5.69 Å². The van der Waals surface area contributed by atoms with Crippen LogP contribution in [0.4, 0.5) is 22.7 Å². The lowest BCUT2D eigenvalue weighted by Crippen LogP contribution is -2.23. The third-order valence-corrected chi connectivity index (χ3v) is 3.64. The van der Waals surface area contributed by atoms with Crippen LogP contribution in [0.5, 0.6) is 0 Å². The Labute approximate surface area is 124 Å². The van der Waals surface area contributed by atoms with Gasteiger partial charge in [-0.3, -0.25) is 30.3 Å². The molecule has 1 N–H and O–H groups in total. The molecule has 0 aromatic heterocycles. The molecular formula is C12H14N4O6. The largest absolute Gasteiger partial charge is 0.371 e. The molecule has 0 unspecified atom stereocenters. The van der Waals surface area contributed by atoms with Crippen LogP contribution in [-0.2, 0) is 0 Å². The molecule has 1 aromatic carbocycles. The Morgan fingerprint density at radius 3 is 1.77 bits per heavy atom. The quantitative estimate of drug-likeness (QED) is 0.650. The third-order valence-electron chi connectivity index (χ3n) is 3.64. The Kier molecular flexibility index (Phi) is 4.49. The van der Waals surface area contributed by atoms with E-state index in [4.69, 9.17) is 0 Å². The third kappa shape index (κ3) is 3.27. The van der Waals surface area contributed by atoms with Crippen molar-refractivity contribution in [3.05, 3.63) is 42.5 Å². The highest BCUT2D eigenvalue weighted by Crippen LogP contribution is 2.39. The van der Waals surface area contributed by atoms with Crippen molar-refractivity contribution >= 4 is 22.7 Å². The van der Waals surface area contributed by atoms with Crippen molar-refractivity contribution < 1.29 is 14.8 Å². The van der Waals surface area contributed by atoms with E-state index in [9.17, 15) is 30.3 Å². The lowest BCUT2D eigenvalue weighted by molar-refractivity contribution is -0.401. The molecule has 0 atom stereocenters. The number of hydrogen-bond acceptors (Lipinski definition) is 7. The van der Waals surface area contributed by atoms with Gasteiger partial charge in [-0.1, -0.05) is 19.3 Å². The SMILES string of the molecule is O=[N+]([O-])c1cc([N+](=O)[O-])c(NC2CCCCC2)c([N+](=O)[O-])c1. The van der Waals surface area contributed by atoms with Gasteiger partial charge in [-0.05, 0) is 12.8 Å². The molecule has 0 radical (unpaired) electrons. The van der Waals surface area contributed by atoms with E-state index in [-0.39, 0.29) is 11.7 Å². The number of nitro benzene ring substituents is 3. The fourth-order valence-corrected chi connectivity index (χ4v) is 2.59. The van der Waals surface area contributed by atoms with Gasteiger partial charge in [-0.25, -0.2) is 0 Å². The normalized spacial score (nSPS) is 15.3. The van der Waals surface area contributed by atoms with Gasteiger partial charge in [0, 0.05) is 6.04 Å². The molecule has 1 fully saturated rings. The lowest BCUT2D eigenvalue weighted by Gasteiger charge is -2.23. The average Bonchev–Trinajstić information content (AvgIpc) is 2.47. The second-order valence-corrected chi connectivity index (χ2v) is 5.11. The second kappa shape index (κ2) is 6.33. The minimum Gasteiger partial charge on any atom is -0.371 e. The van der Waals surface area contributed by atoms with E-state index in [1.807, 2.05) is 0 Å². The van der Waals surface area contributed by atoms with Crippen LogP contribution in [0.3, 0.4) is 0 Å². The Morgan fingerprint density at radius 1 is 0.864 bits per heavy atom. The number of nitro groups is 3. The summed E-state index contributed by atoms with van der Waals surface area (Å²) >= 11 is 0. The molecule has 22 heavy (non-hydrogen) atoms. The Bertz CT molecular complexity index is 591. The maximum Gasteiger partial charge on any atom is 0.306 e. The standard InChI is InChI=1S/C12H14N4O6/c17-14(18)9-6-10(15(19)20)12(11(7-9)16(21)22)13-8-4-2-1-3-5-8/h6-8,13H,1-5H2. The highest BCUT2D eigenvalue weighted by atomic mass is 16.6. The predicted molar refractivity (Wildman–Crippen MR) is 76.9 cm³/mol. The van der Waals surface area contributed by atoms with Crippen molar-refractivity contribution in [2.24, 2.45) is 0 Å². The molecule has 0 amide bonds. The van der Waals surface area contributed by atoms with E-state index in [2.05, 4.69) is 5.32 Å². The smallest absolute Gasteiger partial charge is 0.306 e. The number of non-ortho nitro benzene ring substituents is 1. The molecule has 0 saturated heterocycles. The van der Waals surface area contributed by atoms with Gasteiger partial charge in [0.05, 0.1) is 26.9 Å². The van der Waals surface area contributed by atoms with Crippen LogP contribution in [0.15, 0.2) is 12.1 Å². The molecule has 0 heterocycles. The summed E-state index contributed by atoms with van der Waals surface area (Å²) in [5.41, 5.74) is -2.22. The summed E-state index contributed by atoms with van der Waals surface area (Å²) in [6.07, 6.45) is 4.44. The number of benzene rings is 1. The van der Waals surface area contributed by atoms with Gasteiger partial charge >= 0.3 is 11.4 Å². The molecule has 2 rings (SSSR count). The average molecular weight is 310 g/mol. The molecule has 0 spiro atoms. The van der Waals surface area contributed by atoms with Gasteiger partial charge in [0.1, 0.15) is 0 Å². The highest BCUT2D eigenvalue weighted by Gasteiger charge is 2.32. The zero-order chi connectivity index (χ0) is 16.3. The summed E-state index contributed by atoms with van der Waals surface area (Å²) in [4.78, 5) is 30.5. The monoisotopic (exact) mass is 310 g/mol. The highest BCUT2D eigenvalue weighted by molar-refractivity contribution is 5.77. The molecule has 10 heteroatoms. The summed E-state index contributed by atoms with van der Waals surface area (Å²) in [5, 5.41) is 35.9. The van der Waals surface area contributed by atoms with Crippen LogP contribution in [0, 0.1) is 30.3 Å². The fourth-order valence-electron chi connectivity index (χ4n) is 2.59. The van der Waals surface area contributed by atoms with Crippen molar-refractivity contribution in [1.82, 2.24) is 0 Å². The first-order valence-electron chi connectivity index (χ1n) is 6.78. The van der Waals surface area contributed by atoms with Crippen LogP contribution in [0.25, 0.3) is 0 Å². The van der Waals surface area contributed by atoms with Crippen molar-refractivity contribution in [2.75, 3.05) is 5.32 Å². The molecule has 10 nitrogen and oxygen atoms in total. The van der Waals surface area contributed by atoms with Crippen molar-refractivity contribution in [1.29, 1.82) is 0 Å². The summed E-state index contributed by atoms with van der Waals surface area (Å²) in [5.74, 6) is 0. The van der Waals surface area contributed by atoms with Gasteiger partial charge in [0.2, 0.25) is 0 Å². The molecule has 0 bridgehead atoms. The van der Waals surface area contributed by atoms with Crippen LogP contribution >= 0.6 is 0 Å². The molecular weight excluding hydrogens is 296 g/mol. The van der Waals surface area contributed by atoms with E-state index in [0.29, 0.717) is 0 Å². The first-order valence-corrected chi connectivity index (χ1v) is 6.78. The van der Waals surface area contributed by atoms with Crippen molar-refractivity contribution in [3.63, 3.8) is 0 Å². The van der Waals surface area contributed by atoms with E-state index in [0.717, 1.165) is 44.2 Å². The Morgan fingerprint density at radius 2 is 1.36 bits per heavy atom. The van der Waals surface area contributed by atoms with E-state index >= 15 is 0 Å². The number of anilines is 1.